The lowest BCUT2D eigenvalue weighted by Crippen LogP contribution is -2.60. The first-order chi connectivity index (χ1) is 13.7. The van der Waals surface area contributed by atoms with Crippen LogP contribution in [0, 0.1) is 0 Å². The molecule has 1 amide bonds. The second kappa shape index (κ2) is 9.85. The minimum absolute atomic E-state index is 0.169. The Balaban J connectivity index is 1.81. The highest BCUT2D eigenvalue weighted by molar-refractivity contribution is 5.94. The summed E-state index contributed by atoms with van der Waals surface area (Å²) in [6.07, 6.45) is 2.33. The van der Waals surface area contributed by atoms with E-state index in [1.54, 1.807) is 0 Å². The molecule has 0 N–H and O–H groups in total. The van der Waals surface area contributed by atoms with Crippen molar-refractivity contribution in [2.24, 2.45) is 0 Å². The van der Waals surface area contributed by atoms with Crippen molar-refractivity contribution in [3.05, 3.63) is 66.2 Å². The Hall–Kier alpha value is -2.17. The molecule has 0 atom stereocenters. The Bertz CT molecular complexity index is 725. The van der Waals surface area contributed by atoms with Crippen LogP contribution in [0.5, 0.6) is 0 Å². The second-order valence-electron chi connectivity index (χ2n) is 7.54. The predicted molar refractivity (Wildman–Crippen MR) is 114 cm³/mol. The maximum atomic E-state index is 13.0. The maximum Gasteiger partial charge on any atom is 0.227 e. The van der Waals surface area contributed by atoms with E-state index in [0.29, 0.717) is 19.6 Å². The molecule has 1 heterocycles. The summed E-state index contributed by atoms with van der Waals surface area (Å²) >= 11 is 0. The number of carbonyl (C=O) groups excluding carboxylic acids is 1. The highest BCUT2D eigenvalue weighted by atomic mass is 16.5. The number of hydrogen-bond acceptors (Lipinski definition) is 3. The first-order valence-corrected chi connectivity index (χ1v) is 10.4. The predicted octanol–water partition coefficient (Wildman–Crippen LogP) is 4.50. The lowest BCUT2D eigenvalue weighted by Gasteiger charge is -2.48. The summed E-state index contributed by atoms with van der Waals surface area (Å²) in [7, 11) is 0. The fraction of sp³-hybridized carbons (Fsp3) is 0.458. The molecule has 0 aliphatic carbocycles. The van der Waals surface area contributed by atoms with Crippen molar-refractivity contribution in [2.45, 2.75) is 45.2 Å². The Morgan fingerprint density at radius 2 is 1.61 bits per heavy atom. The number of anilines is 1. The molecular weight excluding hydrogens is 348 g/mol. The SMILES string of the molecule is CCOCC1(N(C(=O)CC)c2ccccc2)CCN(Cc2ccccc2)CC1. The van der Waals surface area contributed by atoms with Crippen molar-refractivity contribution in [2.75, 3.05) is 31.2 Å². The summed E-state index contributed by atoms with van der Waals surface area (Å²) in [6.45, 7) is 8.09. The molecule has 0 spiro atoms. The summed E-state index contributed by atoms with van der Waals surface area (Å²) in [5, 5.41) is 0. The normalized spacial score (nSPS) is 16.6. The molecule has 2 aromatic carbocycles. The van der Waals surface area contributed by atoms with Crippen LogP contribution in [0.15, 0.2) is 60.7 Å². The molecule has 4 nitrogen and oxygen atoms in total. The number of piperidine rings is 1. The minimum atomic E-state index is -0.280. The topological polar surface area (TPSA) is 32.8 Å². The van der Waals surface area contributed by atoms with Gasteiger partial charge < -0.3 is 9.64 Å². The summed E-state index contributed by atoms with van der Waals surface area (Å²) in [5.41, 5.74) is 2.03. The fourth-order valence-corrected chi connectivity index (χ4v) is 4.11. The smallest absolute Gasteiger partial charge is 0.227 e. The molecule has 4 heteroatoms. The molecule has 2 aromatic rings. The number of likely N-dealkylation sites (tertiary alicyclic amines) is 1. The van der Waals surface area contributed by atoms with Crippen molar-refractivity contribution >= 4 is 11.6 Å². The number of para-hydroxylation sites is 1. The lowest BCUT2D eigenvalue weighted by atomic mass is 9.85. The number of rotatable bonds is 8. The van der Waals surface area contributed by atoms with Gasteiger partial charge in [0.2, 0.25) is 5.91 Å². The van der Waals surface area contributed by atoms with Gasteiger partial charge in [0.25, 0.3) is 0 Å². The molecule has 1 saturated heterocycles. The van der Waals surface area contributed by atoms with E-state index in [2.05, 4.69) is 35.2 Å². The Morgan fingerprint density at radius 3 is 2.18 bits per heavy atom. The number of amides is 1. The number of hydrogen-bond donors (Lipinski definition) is 0. The van der Waals surface area contributed by atoms with Gasteiger partial charge in [0.1, 0.15) is 0 Å². The van der Waals surface area contributed by atoms with E-state index in [1.807, 2.05) is 49.1 Å². The summed E-state index contributed by atoms with van der Waals surface area (Å²) in [6, 6.07) is 20.7. The molecule has 0 unspecified atom stereocenters. The number of benzene rings is 2. The molecule has 0 aromatic heterocycles. The molecule has 1 aliphatic heterocycles. The van der Waals surface area contributed by atoms with Gasteiger partial charge in [-0.2, -0.15) is 0 Å². The van der Waals surface area contributed by atoms with Gasteiger partial charge in [-0.3, -0.25) is 9.69 Å². The average molecular weight is 381 g/mol. The Morgan fingerprint density at radius 1 is 1.00 bits per heavy atom. The van der Waals surface area contributed by atoms with E-state index in [4.69, 9.17) is 4.74 Å². The van der Waals surface area contributed by atoms with Crippen LogP contribution in [0.3, 0.4) is 0 Å². The molecule has 3 rings (SSSR count). The van der Waals surface area contributed by atoms with Crippen molar-refractivity contribution in [1.82, 2.24) is 4.90 Å². The largest absolute Gasteiger partial charge is 0.379 e. The first-order valence-electron chi connectivity index (χ1n) is 10.4. The van der Waals surface area contributed by atoms with E-state index >= 15 is 0 Å². The molecule has 150 valence electrons. The van der Waals surface area contributed by atoms with Crippen LogP contribution in [-0.4, -0.2) is 42.6 Å². The van der Waals surface area contributed by atoms with E-state index in [9.17, 15) is 4.79 Å². The highest BCUT2D eigenvalue weighted by Gasteiger charge is 2.43. The zero-order chi connectivity index (χ0) is 19.8. The minimum Gasteiger partial charge on any atom is -0.379 e. The van der Waals surface area contributed by atoms with Crippen molar-refractivity contribution < 1.29 is 9.53 Å². The number of carbonyl (C=O) groups is 1. The van der Waals surface area contributed by atoms with Gasteiger partial charge in [0.05, 0.1) is 12.1 Å². The Kier molecular flexibility index (Phi) is 7.24. The zero-order valence-corrected chi connectivity index (χ0v) is 17.1. The summed E-state index contributed by atoms with van der Waals surface area (Å²) < 4.78 is 5.91. The van der Waals surface area contributed by atoms with Gasteiger partial charge in [-0.15, -0.1) is 0 Å². The summed E-state index contributed by atoms with van der Waals surface area (Å²) in [4.78, 5) is 17.5. The molecule has 1 aliphatic rings. The third-order valence-electron chi connectivity index (χ3n) is 5.65. The average Bonchev–Trinajstić information content (AvgIpc) is 2.75. The van der Waals surface area contributed by atoms with E-state index in [-0.39, 0.29) is 11.4 Å². The van der Waals surface area contributed by atoms with Gasteiger partial charge in [-0.05, 0) is 37.5 Å². The van der Waals surface area contributed by atoms with E-state index in [1.165, 1.54) is 5.56 Å². The van der Waals surface area contributed by atoms with Gasteiger partial charge in [0, 0.05) is 38.3 Å². The standard InChI is InChI=1S/C24H32N2O2/c1-3-23(27)26(22-13-9-6-10-14-22)24(20-28-4-2)15-17-25(18-16-24)19-21-11-7-5-8-12-21/h5-14H,3-4,15-20H2,1-2H3. The van der Waals surface area contributed by atoms with Crippen molar-refractivity contribution in [3.63, 3.8) is 0 Å². The molecule has 28 heavy (non-hydrogen) atoms. The highest BCUT2D eigenvalue weighted by Crippen LogP contribution is 2.35. The van der Waals surface area contributed by atoms with E-state index < -0.39 is 0 Å². The molecule has 0 bridgehead atoms. The van der Waals surface area contributed by atoms with Crippen LogP contribution in [0.1, 0.15) is 38.7 Å². The molecule has 0 saturated carbocycles. The van der Waals surface area contributed by atoms with Gasteiger partial charge in [-0.1, -0.05) is 55.5 Å². The van der Waals surface area contributed by atoms with Crippen molar-refractivity contribution in [3.8, 4) is 0 Å². The number of nitrogens with zero attached hydrogens (tertiary/aromatic N) is 2. The van der Waals surface area contributed by atoms with Gasteiger partial charge >= 0.3 is 0 Å². The summed E-state index contributed by atoms with van der Waals surface area (Å²) in [5.74, 6) is 0.169. The van der Waals surface area contributed by atoms with Crippen LogP contribution in [0.4, 0.5) is 5.69 Å². The molecule has 1 fully saturated rings. The maximum absolute atomic E-state index is 13.0. The quantitative estimate of drug-likeness (QED) is 0.676. The van der Waals surface area contributed by atoms with Crippen molar-refractivity contribution in [1.29, 1.82) is 0 Å². The fourth-order valence-electron chi connectivity index (χ4n) is 4.11. The third-order valence-corrected chi connectivity index (χ3v) is 5.65. The zero-order valence-electron chi connectivity index (χ0n) is 17.1. The van der Waals surface area contributed by atoms with Gasteiger partial charge in [0.15, 0.2) is 0 Å². The molecule has 0 radical (unpaired) electrons. The Labute approximate surface area is 169 Å². The van der Waals surface area contributed by atoms with Crippen LogP contribution < -0.4 is 4.90 Å². The van der Waals surface area contributed by atoms with Gasteiger partial charge in [-0.25, -0.2) is 0 Å². The monoisotopic (exact) mass is 380 g/mol. The first kappa shape index (κ1) is 20.6. The van der Waals surface area contributed by atoms with Crippen LogP contribution >= 0.6 is 0 Å². The van der Waals surface area contributed by atoms with Crippen LogP contribution in [0.25, 0.3) is 0 Å². The lowest BCUT2D eigenvalue weighted by molar-refractivity contribution is -0.120. The second-order valence-corrected chi connectivity index (χ2v) is 7.54. The van der Waals surface area contributed by atoms with Crippen LogP contribution in [-0.2, 0) is 16.1 Å². The molecular formula is C24H32N2O2. The van der Waals surface area contributed by atoms with Crippen LogP contribution in [0.2, 0.25) is 0 Å². The van der Waals surface area contributed by atoms with E-state index in [0.717, 1.165) is 38.2 Å². The third kappa shape index (κ3) is 4.81. The number of ether oxygens (including phenoxy) is 1.